The van der Waals surface area contributed by atoms with Gasteiger partial charge in [-0.3, -0.25) is 0 Å². The maximum atomic E-state index is 13.7. The normalized spacial score (nSPS) is 11.7. The average molecular weight is 506 g/mol. The van der Waals surface area contributed by atoms with Crippen LogP contribution in [-0.4, -0.2) is 9.97 Å². The van der Waals surface area contributed by atoms with Crippen molar-refractivity contribution >= 4 is 27.5 Å². The monoisotopic (exact) mass is 505 g/mol. The number of nitrogens with zero attached hydrogens (tertiary/aromatic N) is 2. The highest BCUT2D eigenvalue weighted by Crippen LogP contribution is 2.37. The zero-order valence-corrected chi connectivity index (χ0v) is 20.2. The zero-order chi connectivity index (χ0) is 26.1. The lowest BCUT2D eigenvalue weighted by molar-refractivity contribution is -0.137. The Morgan fingerprint density at radius 2 is 1.26 bits per heavy atom. The molecular formula is C32H22F3N3. The highest BCUT2D eigenvalue weighted by molar-refractivity contribution is 5.96. The molecule has 0 spiro atoms. The summed E-state index contributed by atoms with van der Waals surface area (Å²) in [5.74, 6) is 0.520. The van der Waals surface area contributed by atoms with Gasteiger partial charge in [0.2, 0.25) is 0 Å². The van der Waals surface area contributed by atoms with Crippen molar-refractivity contribution < 1.29 is 13.2 Å². The first kappa shape index (κ1) is 23.7. The number of fused-ring (bicyclic) bond motifs is 2. The van der Waals surface area contributed by atoms with E-state index in [0.717, 1.165) is 28.1 Å². The number of rotatable bonds is 5. The lowest BCUT2D eigenvalue weighted by atomic mass is 9.97. The van der Waals surface area contributed by atoms with Crippen molar-refractivity contribution in [2.75, 3.05) is 5.32 Å². The molecule has 1 heterocycles. The fourth-order valence-corrected chi connectivity index (χ4v) is 4.72. The molecule has 0 bridgehead atoms. The van der Waals surface area contributed by atoms with Crippen LogP contribution in [0.2, 0.25) is 0 Å². The lowest BCUT2D eigenvalue weighted by Gasteiger charge is -2.15. The Labute approximate surface area is 217 Å². The topological polar surface area (TPSA) is 37.8 Å². The number of benzene rings is 5. The van der Waals surface area contributed by atoms with Gasteiger partial charge in [0.05, 0.1) is 11.1 Å². The van der Waals surface area contributed by atoms with Gasteiger partial charge in [-0.15, -0.1) is 0 Å². The highest BCUT2D eigenvalue weighted by Gasteiger charge is 2.34. The third-order valence-corrected chi connectivity index (χ3v) is 6.59. The van der Waals surface area contributed by atoms with Gasteiger partial charge in [-0.25, -0.2) is 9.97 Å². The van der Waals surface area contributed by atoms with Crippen molar-refractivity contribution in [2.24, 2.45) is 0 Å². The Hall–Kier alpha value is -4.71. The summed E-state index contributed by atoms with van der Waals surface area (Å²) >= 11 is 0. The number of nitrogens with one attached hydrogen (secondary N) is 1. The van der Waals surface area contributed by atoms with E-state index in [2.05, 4.69) is 57.7 Å². The van der Waals surface area contributed by atoms with E-state index in [9.17, 15) is 13.2 Å². The predicted molar refractivity (Wildman–Crippen MR) is 147 cm³/mol. The molecule has 0 aliphatic rings. The second kappa shape index (κ2) is 9.63. The second-order valence-corrected chi connectivity index (χ2v) is 9.03. The standard InChI is InChI=1S/C32H22F3N3/c33-32(34,35)28-14-5-3-11-26(28)31-37-29-15-6-4-12-27(29)30(38-31)36-20-21-16-18-23(19-17-21)25-13-7-9-22-8-1-2-10-24(22)25/h1-19H,20H2,(H,36,37,38). The van der Waals surface area contributed by atoms with Crippen LogP contribution >= 0.6 is 0 Å². The minimum atomic E-state index is -4.51. The number of halogens is 3. The summed E-state index contributed by atoms with van der Waals surface area (Å²) in [5, 5.41) is 6.46. The molecule has 0 atom stereocenters. The van der Waals surface area contributed by atoms with E-state index in [1.807, 2.05) is 42.5 Å². The molecule has 3 nitrogen and oxygen atoms in total. The van der Waals surface area contributed by atoms with E-state index in [4.69, 9.17) is 0 Å². The molecule has 6 rings (SSSR count). The van der Waals surface area contributed by atoms with Gasteiger partial charge in [0.1, 0.15) is 5.82 Å². The molecule has 0 saturated carbocycles. The van der Waals surface area contributed by atoms with Crippen LogP contribution in [0.4, 0.5) is 19.0 Å². The summed E-state index contributed by atoms with van der Waals surface area (Å²) in [6, 6.07) is 35.5. The Balaban J connectivity index is 1.32. The first-order chi connectivity index (χ1) is 18.5. The largest absolute Gasteiger partial charge is 0.417 e. The van der Waals surface area contributed by atoms with Crippen LogP contribution in [-0.2, 0) is 12.7 Å². The van der Waals surface area contributed by atoms with Gasteiger partial charge in [-0.1, -0.05) is 97.1 Å². The smallest absolute Gasteiger partial charge is 0.365 e. The quantitative estimate of drug-likeness (QED) is 0.255. The van der Waals surface area contributed by atoms with Gasteiger partial charge in [0.25, 0.3) is 0 Å². The maximum Gasteiger partial charge on any atom is 0.417 e. The SMILES string of the molecule is FC(F)(F)c1ccccc1-c1nc(NCc2ccc(-c3cccc4ccccc34)cc2)c2ccccc2n1. The second-order valence-electron chi connectivity index (χ2n) is 9.03. The van der Waals surface area contributed by atoms with Crippen LogP contribution in [0.5, 0.6) is 0 Å². The Morgan fingerprint density at radius 1 is 0.605 bits per heavy atom. The van der Waals surface area contributed by atoms with Crippen molar-refractivity contribution in [3.05, 3.63) is 126 Å². The molecule has 186 valence electrons. The molecule has 1 aromatic heterocycles. The molecule has 0 amide bonds. The van der Waals surface area contributed by atoms with Crippen LogP contribution in [0.1, 0.15) is 11.1 Å². The van der Waals surface area contributed by atoms with Crippen molar-refractivity contribution in [3.8, 4) is 22.5 Å². The van der Waals surface area contributed by atoms with Crippen LogP contribution in [0.25, 0.3) is 44.2 Å². The molecular weight excluding hydrogens is 483 g/mol. The summed E-state index contributed by atoms with van der Waals surface area (Å²) in [6.07, 6.45) is -4.51. The molecule has 0 fully saturated rings. The molecule has 0 saturated heterocycles. The first-order valence-corrected chi connectivity index (χ1v) is 12.2. The Morgan fingerprint density at radius 3 is 2.08 bits per heavy atom. The summed E-state index contributed by atoms with van der Waals surface area (Å²) in [5.41, 5.74) is 3.07. The van der Waals surface area contributed by atoms with Crippen molar-refractivity contribution in [1.29, 1.82) is 0 Å². The van der Waals surface area contributed by atoms with Gasteiger partial charge in [0, 0.05) is 17.5 Å². The number of para-hydroxylation sites is 1. The molecule has 6 heteroatoms. The minimum Gasteiger partial charge on any atom is -0.365 e. The number of hydrogen-bond donors (Lipinski definition) is 1. The van der Waals surface area contributed by atoms with E-state index in [1.54, 1.807) is 12.1 Å². The van der Waals surface area contributed by atoms with Gasteiger partial charge in [0.15, 0.2) is 5.82 Å². The predicted octanol–water partition coefficient (Wildman–Crippen LogP) is 8.75. The first-order valence-electron chi connectivity index (χ1n) is 12.2. The molecule has 0 unspecified atom stereocenters. The molecule has 0 radical (unpaired) electrons. The molecule has 38 heavy (non-hydrogen) atoms. The maximum absolute atomic E-state index is 13.7. The Bertz CT molecular complexity index is 1750. The van der Waals surface area contributed by atoms with Crippen LogP contribution in [0, 0.1) is 0 Å². The van der Waals surface area contributed by atoms with Gasteiger partial charge >= 0.3 is 6.18 Å². The lowest BCUT2D eigenvalue weighted by Crippen LogP contribution is -2.09. The number of anilines is 1. The third-order valence-electron chi connectivity index (χ3n) is 6.59. The fourth-order valence-electron chi connectivity index (χ4n) is 4.72. The van der Waals surface area contributed by atoms with E-state index >= 15 is 0 Å². The van der Waals surface area contributed by atoms with Crippen molar-refractivity contribution in [3.63, 3.8) is 0 Å². The number of alkyl halides is 3. The van der Waals surface area contributed by atoms with Crippen LogP contribution in [0.3, 0.4) is 0 Å². The minimum absolute atomic E-state index is 0.0328. The molecule has 0 aliphatic carbocycles. The van der Waals surface area contributed by atoms with Crippen molar-refractivity contribution in [1.82, 2.24) is 9.97 Å². The van der Waals surface area contributed by atoms with E-state index in [0.29, 0.717) is 17.9 Å². The van der Waals surface area contributed by atoms with E-state index < -0.39 is 11.7 Å². The molecule has 5 aromatic carbocycles. The summed E-state index contributed by atoms with van der Waals surface area (Å²) in [4.78, 5) is 8.99. The van der Waals surface area contributed by atoms with Crippen LogP contribution < -0.4 is 5.32 Å². The third kappa shape index (κ3) is 4.57. The Kier molecular flexibility index (Phi) is 6.00. The zero-order valence-electron chi connectivity index (χ0n) is 20.2. The summed E-state index contributed by atoms with van der Waals surface area (Å²) < 4.78 is 41.1. The summed E-state index contributed by atoms with van der Waals surface area (Å²) in [7, 11) is 0. The fraction of sp³-hybridized carbons (Fsp3) is 0.0625. The molecule has 0 aliphatic heterocycles. The number of aromatic nitrogens is 2. The van der Waals surface area contributed by atoms with E-state index in [-0.39, 0.29) is 11.4 Å². The molecule has 6 aromatic rings. The van der Waals surface area contributed by atoms with Crippen molar-refractivity contribution in [2.45, 2.75) is 12.7 Å². The highest BCUT2D eigenvalue weighted by atomic mass is 19.4. The van der Waals surface area contributed by atoms with Gasteiger partial charge in [-0.2, -0.15) is 13.2 Å². The van der Waals surface area contributed by atoms with Gasteiger partial charge < -0.3 is 5.32 Å². The average Bonchev–Trinajstić information content (AvgIpc) is 2.95. The van der Waals surface area contributed by atoms with E-state index in [1.165, 1.54) is 22.9 Å². The number of hydrogen-bond acceptors (Lipinski definition) is 3. The molecule has 1 N–H and O–H groups in total. The summed E-state index contributed by atoms with van der Waals surface area (Å²) in [6.45, 7) is 0.456. The van der Waals surface area contributed by atoms with Crippen LogP contribution in [0.15, 0.2) is 115 Å². The van der Waals surface area contributed by atoms with Gasteiger partial charge in [-0.05, 0) is 45.7 Å².